The molecule has 0 aromatic carbocycles. The minimum absolute atomic E-state index is 0.0248. The molecule has 2 heterocycles. The third-order valence-corrected chi connectivity index (χ3v) is 10.7. The summed E-state index contributed by atoms with van der Waals surface area (Å²) < 4.78 is 75.7. The van der Waals surface area contributed by atoms with Crippen LogP contribution < -0.4 is 5.32 Å². The number of alkyl halides is 3. The van der Waals surface area contributed by atoms with E-state index in [1.807, 2.05) is 0 Å². The van der Waals surface area contributed by atoms with Crippen molar-refractivity contribution in [2.24, 2.45) is 17.8 Å². The molecule has 0 radical (unpaired) electrons. The molecule has 2 aliphatic carbocycles. The topological polar surface area (TPSA) is 240 Å². The molecule has 0 aromatic heterocycles. The van der Waals surface area contributed by atoms with Crippen LogP contribution in [0.5, 0.6) is 0 Å². The number of ether oxygens (including phenoxy) is 6. The number of nitrogens with one attached hydrogen (secondary N) is 1. The van der Waals surface area contributed by atoms with Crippen molar-refractivity contribution in [2.45, 2.75) is 157 Å². The normalized spacial score (nSPS) is 39.8. The summed E-state index contributed by atoms with van der Waals surface area (Å²) in [5.41, 5.74) is 0. The van der Waals surface area contributed by atoms with Gasteiger partial charge in [0.15, 0.2) is 18.7 Å². The van der Waals surface area contributed by atoms with Crippen molar-refractivity contribution in [3.05, 3.63) is 0 Å². The summed E-state index contributed by atoms with van der Waals surface area (Å²) in [6.45, 7) is 2.22. The number of carboxylic acid groups (broad SMARTS) is 1. The maximum atomic E-state index is 13.7. The van der Waals surface area contributed by atoms with Gasteiger partial charge in [0.25, 0.3) is 0 Å². The fourth-order valence-electron chi connectivity index (χ4n) is 7.84. The third-order valence-electron chi connectivity index (χ3n) is 10.7. The molecule has 300 valence electrons. The highest BCUT2D eigenvalue weighted by molar-refractivity contribution is 5.82. The van der Waals surface area contributed by atoms with E-state index >= 15 is 0 Å². The second-order valence-corrected chi connectivity index (χ2v) is 14.1. The monoisotopic (exact) mass is 759 g/mol. The Morgan fingerprint density at radius 3 is 2.13 bits per heavy atom. The molecule has 2 aliphatic heterocycles. The van der Waals surface area contributed by atoms with Gasteiger partial charge < -0.3 is 64.4 Å². The number of rotatable bonds is 13. The molecule has 7 N–H and O–H groups in total. The Morgan fingerprint density at radius 1 is 0.885 bits per heavy atom. The Balaban J connectivity index is 1.70. The lowest BCUT2D eigenvalue weighted by molar-refractivity contribution is -0.339. The maximum Gasteiger partial charge on any atom is 0.471 e. The van der Waals surface area contributed by atoms with E-state index < -0.39 is 122 Å². The van der Waals surface area contributed by atoms with Gasteiger partial charge >= 0.3 is 24.0 Å². The van der Waals surface area contributed by atoms with Crippen LogP contribution >= 0.6 is 0 Å². The zero-order valence-corrected chi connectivity index (χ0v) is 29.3. The third kappa shape index (κ3) is 9.91. The molecule has 52 heavy (non-hydrogen) atoms. The van der Waals surface area contributed by atoms with E-state index in [1.165, 1.54) is 14.0 Å². The Hall–Kier alpha value is -2.20. The lowest BCUT2D eigenvalue weighted by atomic mass is 9.74. The molecule has 2 saturated carbocycles. The average Bonchev–Trinajstić information content (AvgIpc) is 3.11. The van der Waals surface area contributed by atoms with Crippen molar-refractivity contribution >= 4 is 17.8 Å². The molecule has 4 aliphatic rings. The summed E-state index contributed by atoms with van der Waals surface area (Å²) in [7, 11) is 1.18. The molecule has 0 aromatic rings. The fraction of sp³-hybridized carbons (Fsp3) is 0.909. The molecule has 0 bridgehead atoms. The van der Waals surface area contributed by atoms with Crippen LogP contribution in [0.15, 0.2) is 0 Å². The zero-order chi connectivity index (χ0) is 38.5. The summed E-state index contributed by atoms with van der Waals surface area (Å²) in [5.74, 6) is -6.13. The number of amides is 1. The van der Waals surface area contributed by atoms with Crippen LogP contribution in [-0.4, -0.2) is 148 Å². The molecule has 4 fully saturated rings. The molecular formula is C33H52F3NO15. The van der Waals surface area contributed by atoms with E-state index in [0.29, 0.717) is 12.8 Å². The molecule has 15 atom stereocenters. The number of aliphatic carboxylic acids is 1. The summed E-state index contributed by atoms with van der Waals surface area (Å²) in [6.07, 6.45) is -20.0. The first-order chi connectivity index (χ1) is 24.5. The predicted octanol–water partition coefficient (Wildman–Crippen LogP) is 0.128. The molecule has 5 unspecified atom stereocenters. The first kappa shape index (κ1) is 42.5. The standard InChI is InChI=1S/C33H52F3NO15/c1-4-16-17(29(45)47-3)10-11-18(26(16)52-31-25(42)24(41)22(39)14(2)48-31)50-30-21(37-32(46)33(34,35)36)27(23(40)20(13-38)51-30)49-19(28(43)44)12-15-8-6-5-7-9-15/h14-27,30-31,38-42H,4-13H2,1-3H3,(H,37,46)(H,43,44)/t14-,16?,17+,18+,19-,20-,21?,22-,23-,24?,25-,26+,27?,30+,31?/m0/s1. The number of methoxy groups -OCH3 is 1. The van der Waals surface area contributed by atoms with E-state index in [2.05, 4.69) is 0 Å². The summed E-state index contributed by atoms with van der Waals surface area (Å²) in [6, 6.07) is -1.99. The minimum Gasteiger partial charge on any atom is -0.479 e. The largest absolute Gasteiger partial charge is 0.479 e. The predicted molar refractivity (Wildman–Crippen MR) is 168 cm³/mol. The van der Waals surface area contributed by atoms with Gasteiger partial charge in [0, 0.05) is 5.92 Å². The molecule has 0 spiro atoms. The number of hydrogen-bond donors (Lipinski definition) is 7. The number of aliphatic hydroxyl groups excluding tert-OH is 5. The van der Waals surface area contributed by atoms with Crippen molar-refractivity contribution in [3.8, 4) is 0 Å². The molecule has 16 nitrogen and oxygen atoms in total. The lowest BCUT2D eigenvalue weighted by Gasteiger charge is -2.49. The number of carboxylic acids is 1. The van der Waals surface area contributed by atoms with Crippen LogP contribution in [0.4, 0.5) is 13.2 Å². The van der Waals surface area contributed by atoms with Crippen molar-refractivity contribution in [1.29, 1.82) is 0 Å². The molecular weight excluding hydrogens is 707 g/mol. The Labute approximate surface area is 298 Å². The van der Waals surface area contributed by atoms with Crippen LogP contribution in [0.3, 0.4) is 0 Å². The number of esters is 1. The van der Waals surface area contributed by atoms with Gasteiger partial charge in [-0.15, -0.1) is 0 Å². The molecule has 1 amide bonds. The van der Waals surface area contributed by atoms with Crippen molar-refractivity contribution < 1.29 is 86.6 Å². The first-order valence-corrected chi connectivity index (χ1v) is 17.8. The van der Waals surface area contributed by atoms with Crippen LogP contribution in [0.1, 0.15) is 71.6 Å². The quantitative estimate of drug-likeness (QED) is 0.124. The van der Waals surface area contributed by atoms with E-state index in [9.17, 15) is 58.2 Å². The second-order valence-electron chi connectivity index (χ2n) is 14.1. The summed E-state index contributed by atoms with van der Waals surface area (Å²) in [4.78, 5) is 37.6. The lowest BCUT2D eigenvalue weighted by Crippen LogP contribution is -2.68. The first-order valence-electron chi connectivity index (χ1n) is 17.8. The molecule has 2 saturated heterocycles. The van der Waals surface area contributed by atoms with E-state index in [-0.39, 0.29) is 31.6 Å². The number of halogens is 3. The van der Waals surface area contributed by atoms with E-state index in [0.717, 1.165) is 19.3 Å². The Morgan fingerprint density at radius 2 is 1.56 bits per heavy atom. The van der Waals surface area contributed by atoms with E-state index in [1.54, 1.807) is 12.2 Å². The van der Waals surface area contributed by atoms with Gasteiger partial charge in [-0.3, -0.25) is 9.59 Å². The minimum atomic E-state index is -5.43. The van der Waals surface area contributed by atoms with Gasteiger partial charge in [0.2, 0.25) is 0 Å². The van der Waals surface area contributed by atoms with Gasteiger partial charge in [-0.2, -0.15) is 13.2 Å². The molecule has 4 rings (SSSR count). The Kier molecular flexibility index (Phi) is 15.1. The number of carbonyl (C=O) groups is 3. The highest BCUT2D eigenvalue weighted by Gasteiger charge is 2.55. The highest BCUT2D eigenvalue weighted by atomic mass is 19.4. The fourth-order valence-corrected chi connectivity index (χ4v) is 7.84. The van der Waals surface area contributed by atoms with E-state index in [4.69, 9.17) is 28.4 Å². The SMILES string of the molecule is CCC1[C@@H](OC2O[C@@H](C)[C@H](O)C(O)[C@@H]2O)[C@H](O[C@@H]2O[C@@H](CO)[C@H](O)C(O[C@@H](CC3CCCCC3)C(=O)O)C2NC(=O)C(F)(F)F)CC[C@H]1C(=O)OC. The summed E-state index contributed by atoms with van der Waals surface area (Å²) in [5, 5.41) is 64.5. The van der Waals surface area contributed by atoms with Crippen LogP contribution in [0, 0.1) is 17.8 Å². The molecule has 19 heteroatoms. The van der Waals surface area contributed by atoms with Crippen LogP contribution in [-0.2, 0) is 42.8 Å². The summed E-state index contributed by atoms with van der Waals surface area (Å²) >= 11 is 0. The Bertz CT molecular complexity index is 1190. The van der Waals surface area contributed by atoms with Gasteiger partial charge in [0.1, 0.15) is 42.7 Å². The van der Waals surface area contributed by atoms with Gasteiger partial charge in [-0.25, -0.2) is 4.79 Å². The smallest absolute Gasteiger partial charge is 0.471 e. The maximum absolute atomic E-state index is 13.7. The van der Waals surface area contributed by atoms with Crippen molar-refractivity contribution in [2.75, 3.05) is 13.7 Å². The average molecular weight is 760 g/mol. The van der Waals surface area contributed by atoms with Crippen molar-refractivity contribution in [3.63, 3.8) is 0 Å². The number of hydrogen-bond acceptors (Lipinski definition) is 14. The second kappa shape index (κ2) is 18.4. The van der Waals surface area contributed by atoms with Gasteiger partial charge in [-0.1, -0.05) is 39.0 Å². The number of aliphatic hydroxyl groups is 5. The highest BCUT2D eigenvalue weighted by Crippen LogP contribution is 2.41. The van der Waals surface area contributed by atoms with Crippen LogP contribution in [0.25, 0.3) is 0 Å². The zero-order valence-electron chi connectivity index (χ0n) is 29.3. The van der Waals surface area contributed by atoms with Gasteiger partial charge in [0.05, 0.1) is 37.9 Å². The number of carbonyl (C=O) groups excluding carboxylic acids is 2. The van der Waals surface area contributed by atoms with Crippen molar-refractivity contribution in [1.82, 2.24) is 5.32 Å². The van der Waals surface area contributed by atoms with Gasteiger partial charge in [-0.05, 0) is 38.5 Å². The van der Waals surface area contributed by atoms with Crippen LogP contribution in [0.2, 0.25) is 0 Å².